The van der Waals surface area contributed by atoms with E-state index >= 15 is 0 Å². The quantitative estimate of drug-likeness (QED) is 0.743. The van der Waals surface area contributed by atoms with Crippen molar-refractivity contribution in [1.29, 1.82) is 0 Å². The molecule has 0 radical (unpaired) electrons. The van der Waals surface area contributed by atoms with Gasteiger partial charge in [-0.15, -0.1) is 5.11 Å². The summed E-state index contributed by atoms with van der Waals surface area (Å²) in [7, 11) is 0. The van der Waals surface area contributed by atoms with Crippen molar-refractivity contribution in [3.63, 3.8) is 0 Å². The van der Waals surface area contributed by atoms with Gasteiger partial charge in [-0.1, -0.05) is 0 Å². The third kappa shape index (κ3) is 2.96. The third-order valence-corrected chi connectivity index (χ3v) is 2.81. The standard InChI is InChI=1S/C12H10F3N3O3/c1-5(12(13,14)15)17-18-9(19)6-2-3-7-8(4-6)11(21)16-10(7)20/h2-5,16,20-21H,1H3. The van der Waals surface area contributed by atoms with Crippen LogP contribution in [0, 0.1) is 0 Å². The monoisotopic (exact) mass is 301 g/mol. The highest BCUT2D eigenvalue weighted by molar-refractivity contribution is 6.01. The molecule has 0 bridgehead atoms. The SMILES string of the molecule is CC(N=NC(=O)c1ccc2c(O)[nH]c(O)c2c1)C(F)(F)F. The number of carbonyl (C=O) groups excluding carboxylic acids is 1. The molecule has 0 aliphatic heterocycles. The van der Waals surface area contributed by atoms with Gasteiger partial charge in [-0.3, -0.25) is 9.78 Å². The average Bonchev–Trinajstić information content (AvgIpc) is 2.69. The Balaban J connectivity index is 2.28. The second-order valence-corrected chi connectivity index (χ2v) is 4.32. The van der Waals surface area contributed by atoms with Gasteiger partial charge in [-0.25, -0.2) is 0 Å². The van der Waals surface area contributed by atoms with Crippen LogP contribution in [0.15, 0.2) is 28.4 Å². The topological polar surface area (TPSA) is 98.0 Å². The zero-order valence-electron chi connectivity index (χ0n) is 10.6. The summed E-state index contributed by atoms with van der Waals surface area (Å²) < 4.78 is 36.7. The molecule has 1 unspecified atom stereocenters. The number of H-pyrrole nitrogens is 1. The molecule has 0 aliphatic carbocycles. The Labute approximate surface area is 115 Å². The number of alkyl halides is 3. The van der Waals surface area contributed by atoms with Crippen LogP contribution in [0.5, 0.6) is 11.8 Å². The number of benzene rings is 1. The fourth-order valence-electron chi connectivity index (χ4n) is 1.59. The summed E-state index contributed by atoms with van der Waals surface area (Å²) in [5.41, 5.74) is -0.0603. The molecule has 3 N–H and O–H groups in total. The van der Waals surface area contributed by atoms with Gasteiger partial charge in [-0.05, 0) is 25.1 Å². The molecule has 1 aromatic heterocycles. The Morgan fingerprint density at radius 2 is 1.86 bits per heavy atom. The van der Waals surface area contributed by atoms with Crippen LogP contribution >= 0.6 is 0 Å². The molecule has 0 spiro atoms. The zero-order chi connectivity index (χ0) is 15.8. The fraction of sp³-hybridized carbons (Fsp3) is 0.250. The molecule has 0 aliphatic rings. The number of fused-ring (bicyclic) bond motifs is 1. The van der Waals surface area contributed by atoms with Gasteiger partial charge < -0.3 is 10.2 Å². The van der Waals surface area contributed by atoms with Crippen molar-refractivity contribution in [3.8, 4) is 11.8 Å². The van der Waals surface area contributed by atoms with Crippen molar-refractivity contribution in [2.45, 2.75) is 19.1 Å². The Hall–Kier alpha value is -2.58. The fourth-order valence-corrected chi connectivity index (χ4v) is 1.59. The predicted molar refractivity (Wildman–Crippen MR) is 66.3 cm³/mol. The lowest BCUT2D eigenvalue weighted by Crippen LogP contribution is -2.23. The second-order valence-electron chi connectivity index (χ2n) is 4.32. The van der Waals surface area contributed by atoms with Crippen LogP contribution in [0.2, 0.25) is 0 Å². The minimum atomic E-state index is -4.57. The predicted octanol–water partition coefficient (Wildman–Crippen LogP) is 3.12. The first-order chi connectivity index (χ1) is 9.70. The van der Waals surface area contributed by atoms with E-state index < -0.39 is 18.1 Å². The van der Waals surface area contributed by atoms with Gasteiger partial charge in [0, 0.05) is 16.3 Å². The number of azo groups is 1. The number of aromatic amines is 1. The Bertz CT molecular complexity index is 722. The van der Waals surface area contributed by atoms with Gasteiger partial charge in [0.2, 0.25) is 0 Å². The van der Waals surface area contributed by atoms with Crippen molar-refractivity contribution in [3.05, 3.63) is 23.8 Å². The molecule has 1 aromatic carbocycles. The lowest BCUT2D eigenvalue weighted by atomic mass is 10.1. The number of rotatable bonds is 2. The lowest BCUT2D eigenvalue weighted by Gasteiger charge is -2.08. The van der Waals surface area contributed by atoms with E-state index in [9.17, 15) is 28.2 Å². The molecule has 2 aromatic rings. The molecule has 9 heteroatoms. The van der Waals surface area contributed by atoms with Crippen LogP contribution in [0.3, 0.4) is 0 Å². The molecular weight excluding hydrogens is 291 g/mol. The average molecular weight is 301 g/mol. The highest BCUT2D eigenvalue weighted by Crippen LogP contribution is 2.32. The van der Waals surface area contributed by atoms with E-state index in [1.807, 2.05) is 0 Å². The van der Waals surface area contributed by atoms with Gasteiger partial charge in [0.05, 0.1) is 0 Å². The first kappa shape index (κ1) is 14.8. The van der Waals surface area contributed by atoms with Crippen molar-refractivity contribution in [2.24, 2.45) is 10.2 Å². The smallest absolute Gasteiger partial charge is 0.412 e. The van der Waals surface area contributed by atoms with E-state index in [1.165, 1.54) is 18.2 Å². The third-order valence-electron chi connectivity index (χ3n) is 2.81. The highest BCUT2D eigenvalue weighted by Gasteiger charge is 2.36. The summed E-state index contributed by atoms with van der Waals surface area (Å²) in [6, 6.07) is 1.70. The van der Waals surface area contributed by atoms with E-state index in [0.717, 1.165) is 6.92 Å². The van der Waals surface area contributed by atoms with E-state index in [2.05, 4.69) is 15.2 Å². The Kier molecular flexibility index (Phi) is 3.58. The number of aromatic nitrogens is 1. The summed E-state index contributed by atoms with van der Waals surface area (Å²) in [5.74, 6) is -1.63. The van der Waals surface area contributed by atoms with Crippen LogP contribution in [0.1, 0.15) is 17.3 Å². The highest BCUT2D eigenvalue weighted by atomic mass is 19.4. The first-order valence-electron chi connectivity index (χ1n) is 5.75. The molecule has 2 rings (SSSR count). The number of hydrogen-bond donors (Lipinski definition) is 3. The van der Waals surface area contributed by atoms with Crippen molar-refractivity contribution < 1.29 is 28.2 Å². The van der Waals surface area contributed by atoms with E-state index in [4.69, 9.17) is 0 Å². The number of hydrogen-bond acceptors (Lipinski definition) is 4. The van der Waals surface area contributed by atoms with Crippen LogP contribution in [0.25, 0.3) is 10.8 Å². The Morgan fingerprint density at radius 3 is 2.48 bits per heavy atom. The first-order valence-corrected chi connectivity index (χ1v) is 5.75. The van der Waals surface area contributed by atoms with E-state index in [0.29, 0.717) is 0 Å². The van der Waals surface area contributed by atoms with Crippen molar-refractivity contribution in [2.75, 3.05) is 0 Å². The maximum atomic E-state index is 12.2. The summed E-state index contributed by atoms with van der Waals surface area (Å²) in [6.45, 7) is 0.774. The van der Waals surface area contributed by atoms with Gasteiger partial charge >= 0.3 is 6.18 Å². The molecule has 1 atom stereocenters. The summed E-state index contributed by atoms with van der Waals surface area (Å²) in [4.78, 5) is 13.9. The Morgan fingerprint density at radius 1 is 1.24 bits per heavy atom. The minimum Gasteiger partial charge on any atom is -0.494 e. The van der Waals surface area contributed by atoms with Gasteiger partial charge in [0.15, 0.2) is 17.8 Å². The molecule has 0 fully saturated rings. The summed E-state index contributed by atoms with van der Waals surface area (Å²) in [5, 5.41) is 25.3. The lowest BCUT2D eigenvalue weighted by molar-refractivity contribution is -0.143. The number of carbonyl (C=O) groups is 1. The van der Waals surface area contributed by atoms with E-state index in [1.54, 1.807) is 0 Å². The van der Waals surface area contributed by atoms with Gasteiger partial charge in [0.25, 0.3) is 5.91 Å². The number of nitrogens with one attached hydrogen (secondary N) is 1. The maximum absolute atomic E-state index is 12.2. The minimum absolute atomic E-state index is 0.0603. The molecule has 1 heterocycles. The number of amides is 1. The van der Waals surface area contributed by atoms with Crippen LogP contribution in [0.4, 0.5) is 13.2 Å². The largest absolute Gasteiger partial charge is 0.494 e. The zero-order valence-corrected chi connectivity index (χ0v) is 10.6. The molecule has 21 heavy (non-hydrogen) atoms. The van der Waals surface area contributed by atoms with Crippen LogP contribution < -0.4 is 0 Å². The number of halogens is 3. The maximum Gasteiger partial charge on any atom is 0.412 e. The number of nitrogens with zero attached hydrogens (tertiary/aromatic N) is 2. The molecule has 1 amide bonds. The molecule has 6 nitrogen and oxygen atoms in total. The van der Waals surface area contributed by atoms with Crippen molar-refractivity contribution >= 4 is 16.7 Å². The van der Waals surface area contributed by atoms with Gasteiger partial charge in [-0.2, -0.15) is 18.3 Å². The molecule has 0 saturated carbocycles. The summed E-state index contributed by atoms with van der Waals surface area (Å²) >= 11 is 0. The van der Waals surface area contributed by atoms with Crippen molar-refractivity contribution in [1.82, 2.24) is 4.98 Å². The van der Waals surface area contributed by atoms with Gasteiger partial charge in [0.1, 0.15) is 0 Å². The number of aromatic hydroxyl groups is 2. The summed E-state index contributed by atoms with van der Waals surface area (Å²) in [6.07, 6.45) is -4.57. The second kappa shape index (κ2) is 5.08. The molecule has 0 saturated heterocycles. The van der Waals surface area contributed by atoms with Crippen LogP contribution in [-0.2, 0) is 0 Å². The van der Waals surface area contributed by atoms with E-state index in [-0.39, 0.29) is 28.1 Å². The van der Waals surface area contributed by atoms with Crippen LogP contribution in [-0.4, -0.2) is 33.3 Å². The normalized spacial score (nSPS) is 13.9. The molecular formula is C12H10F3N3O3. The molecule has 112 valence electrons.